The van der Waals surface area contributed by atoms with Crippen molar-refractivity contribution in [2.45, 2.75) is 6.92 Å². The van der Waals surface area contributed by atoms with E-state index in [4.69, 9.17) is 18.6 Å². The molecule has 0 N–H and O–H groups in total. The molecule has 16 heavy (non-hydrogen) atoms. The summed E-state index contributed by atoms with van der Waals surface area (Å²) in [5, 5.41) is 0. The predicted molar refractivity (Wildman–Crippen MR) is 50.7 cm³/mol. The first kappa shape index (κ1) is 15.3. The van der Waals surface area contributed by atoms with Crippen molar-refractivity contribution in [2.75, 3.05) is 21.1 Å². The van der Waals surface area contributed by atoms with Crippen LogP contribution in [-0.2, 0) is 0 Å². The van der Waals surface area contributed by atoms with Crippen molar-refractivity contribution in [2.24, 2.45) is 0 Å². The van der Waals surface area contributed by atoms with Gasteiger partial charge in [-0.3, -0.25) is 4.48 Å². The van der Waals surface area contributed by atoms with E-state index in [1.165, 1.54) is 11.3 Å². The maximum Gasteiger partial charge on any atom is 0.135 e. The smallest absolute Gasteiger partial charge is 0.135 e. The maximum atomic E-state index is 8.49. The van der Waals surface area contributed by atoms with Crippen LogP contribution in [0.25, 0.3) is 0 Å². The minimum Gasteiger partial charge on any atom is -0.298 e. The monoisotopic (exact) mass is 249 g/mol. The van der Waals surface area contributed by atoms with E-state index in [0.717, 1.165) is 4.48 Å². The fraction of sp³-hybridized carbons (Fsp3) is 0.400. The van der Waals surface area contributed by atoms with Crippen LogP contribution in [-0.4, -0.2) is 21.1 Å². The molecule has 0 amide bonds. The molecule has 6 heteroatoms. The zero-order chi connectivity index (χ0) is 13.0. The summed E-state index contributed by atoms with van der Waals surface area (Å²) in [4.78, 5) is 0. The summed E-state index contributed by atoms with van der Waals surface area (Å²) in [5.74, 6) is 0. The quantitative estimate of drug-likeness (QED) is 0.512. The van der Waals surface area contributed by atoms with Crippen LogP contribution in [0, 0.1) is 17.2 Å². The first-order valence-corrected chi connectivity index (χ1v) is 5.74. The number of benzene rings is 1. The Hall–Kier alpha value is -0.690. The number of quaternary nitrogens is 1. The summed E-state index contributed by atoms with van der Waals surface area (Å²) in [6, 6.07) is 8.49. The molecule has 0 fully saturated rings. The molecule has 0 aromatic heterocycles. The van der Waals surface area contributed by atoms with E-state index in [2.05, 4.69) is 52.3 Å². The van der Waals surface area contributed by atoms with Crippen LogP contribution in [0.15, 0.2) is 24.3 Å². The lowest BCUT2D eigenvalue weighted by atomic mass is 10.2. The largest absolute Gasteiger partial charge is 0.298 e. The highest BCUT2D eigenvalue weighted by Gasteiger charge is 2.13. The van der Waals surface area contributed by atoms with E-state index in [0.29, 0.717) is 0 Å². The first-order chi connectivity index (χ1) is 7.02. The number of nitrogens with zero attached hydrogens (tertiary/aromatic N) is 1. The average molecular weight is 250 g/mol. The molecule has 0 aliphatic rings. The molecule has 0 bridgehead atoms. The Kier molecular flexibility index (Phi) is 5.34. The molecule has 0 heterocycles. The van der Waals surface area contributed by atoms with Crippen LogP contribution in [0.4, 0.5) is 5.69 Å². The second-order valence-electron chi connectivity index (χ2n) is 4.18. The van der Waals surface area contributed by atoms with Gasteiger partial charge in [0, 0.05) is 5.56 Å². The summed E-state index contributed by atoms with van der Waals surface area (Å²) < 4.78 is 34.9. The van der Waals surface area contributed by atoms with E-state index in [1.807, 2.05) is 0 Å². The van der Waals surface area contributed by atoms with Crippen molar-refractivity contribution in [1.82, 2.24) is 4.48 Å². The Morgan fingerprint density at radius 2 is 1.31 bits per heavy atom. The Morgan fingerprint density at radius 1 is 0.938 bits per heavy atom. The average Bonchev–Trinajstić information content (AvgIpc) is 1.99. The number of hydrogen-bond acceptors (Lipinski definition) is 4. The predicted octanol–water partition coefficient (Wildman–Crippen LogP) is -2.56. The van der Waals surface area contributed by atoms with Crippen molar-refractivity contribution in [3.05, 3.63) is 29.8 Å². The lowest BCUT2D eigenvalue weighted by molar-refractivity contribution is -2.00. The molecule has 0 atom stereocenters. The molecule has 0 aliphatic carbocycles. The third-order valence-electron chi connectivity index (χ3n) is 1.84. The highest BCUT2D eigenvalue weighted by Crippen LogP contribution is 2.20. The van der Waals surface area contributed by atoms with Crippen molar-refractivity contribution >= 4 is 5.69 Å². The van der Waals surface area contributed by atoms with Crippen molar-refractivity contribution in [3.63, 3.8) is 0 Å². The highest BCUT2D eigenvalue weighted by molar-refractivity contribution is 5.48. The van der Waals surface area contributed by atoms with Gasteiger partial charge in [0.25, 0.3) is 0 Å². The first-order valence-electron chi connectivity index (χ1n) is 4.51. The van der Waals surface area contributed by atoms with Gasteiger partial charge >= 0.3 is 0 Å². The lowest BCUT2D eigenvalue weighted by Crippen LogP contribution is -2.68. The topological polar surface area (TPSA) is 92.2 Å². The standard InChI is InChI=1S/C10H16N.ClHO4/c1-9-7-5-6-8-10(9)11(2,3)4;2-1(3,4)5/h5-8H,1-4H3;(H,2,3,4,5)/q+1;/p-1. The zero-order valence-corrected chi connectivity index (χ0v) is 10.5. The number of para-hydroxylation sites is 1. The van der Waals surface area contributed by atoms with Crippen LogP contribution < -0.4 is 23.1 Å². The summed E-state index contributed by atoms with van der Waals surface area (Å²) in [6.07, 6.45) is 0. The second-order valence-corrected chi connectivity index (χ2v) is 4.93. The normalized spacial score (nSPS) is 11.8. The zero-order valence-electron chi connectivity index (χ0n) is 9.77. The highest BCUT2D eigenvalue weighted by atomic mass is 35.7. The lowest BCUT2D eigenvalue weighted by Gasteiger charge is -2.24. The Bertz CT molecular complexity index is 324. The molecule has 0 unspecified atom stereocenters. The van der Waals surface area contributed by atoms with E-state index in [9.17, 15) is 0 Å². The molecular formula is C10H16ClNO4. The van der Waals surface area contributed by atoms with Gasteiger partial charge in [-0.15, -0.1) is 10.2 Å². The van der Waals surface area contributed by atoms with Gasteiger partial charge in [0.1, 0.15) is 5.69 Å². The minimum absolute atomic E-state index is 0.896. The van der Waals surface area contributed by atoms with Gasteiger partial charge < -0.3 is 0 Å². The Balaban J connectivity index is 0.000000385. The van der Waals surface area contributed by atoms with Crippen LogP contribution in [0.5, 0.6) is 0 Å². The van der Waals surface area contributed by atoms with E-state index in [-0.39, 0.29) is 0 Å². The van der Waals surface area contributed by atoms with E-state index >= 15 is 0 Å². The van der Waals surface area contributed by atoms with Gasteiger partial charge in [-0.1, -0.05) is 18.2 Å². The second kappa shape index (κ2) is 5.58. The van der Waals surface area contributed by atoms with Crippen molar-refractivity contribution in [1.29, 1.82) is 0 Å². The van der Waals surface area contributed by atoms with Crippen LogP contribution >= 0.6 is 0 Å². The number of hydrogen-bond donors (Lipinski definition) is 0. The Morgan fingerprint density at radius 3 is 1.56 bits per heavy atom. The van der Waals surface area contributed by atoms with Gasteiger partial charge in [-0.25, -0.2) is 18.6 Å². The SMILES string of the molecule is Cc1ccccc1[N+](C)(C)C.[O-][Cl+3]([O-])([O-])[O-]. The van der Waals surface area contributed by atoms with Crippen molar-refractivity contribution < 1.29 is 28.9 Å². The van der Waals surface area contributed by atoms with Crippen LogP contribution in [0.3, 0.4) is 0 Å². The molecule has 92 valence electrons. The number of aryl methyl sites for hydroxylation is 1. The molecular weight excluding hydrogens is 234 g/mol. The number of rotatable bonds is 1. The molecule has 1 aromatic carbocycles. The molecule has 5 nitrogen and oxygen atoms in total. The molecule has 0 spiro atoms. The fourth-order valence-corrected chi connectivity index (χ4v) is 1.32. The van der Waals surface area contributed by atoms with Gasteiger partial charge in [-0.2, -0.15) is 0 Å². The Labute approximate surface area is 97.5 Å². The summed E-state index contributed by atoms with van der Waals surface area (Å²) in [5.41, 5.74) is 2.74. The molecule has 0 saturated carbocycles. The molecule has 0 saturated heterocycles. The molecule has 1 rings (SSSR count). The van der Waals surface area contributed by atoms with Crippen molar-refractivity contribution in [3.8, 4) is 0 Å². The van der Waals surface area contributed by atoms with E-state index < -0.39 is 10.2 Å². The summed E-state index contributed by atoms with van der Waals surface area (Å²) in [7, 11) is 1.60. The third kappa shape index (κ3) is 7.58. The maximum absolute atomic E-state index is 8.49. The molecule has 0 aliphatic heterocycles. The van der Waals surface area contributed by atoms with Crippen LogP contribution in [0.1, 0.15) is 5.56 Å². The van der Waals surface area contributed by atoms with Gasteiger partial charge in [0.15, 0.2) is 0 Å². The summed E-state index contributed by atoms with van der Waals surface area (Å²) >= 11 is 0. The van der Waals surface area contributed by atoms with Gasteiger partial charge in [0.05, 0.1) is 21.1 Å². The van der Waals surface area contributed by atoms with Gasteiger partial charge in [-0.05, 0) is 13.0 Å². The molecule has 0 radical (unpaired) electrons. The number of halogens is 1. The molecule has 1 aromatic rings. The third-order valence-corrected chi connectivity index (χ3v) is 1.84. The fourth-order valence-electron chi connectivity index (χ4n) is 1.32. The van der Waals surface area contributed by atoms with Gasteiger partial charge in [0.2, 0.25) is 0 Å². The minimum atomic E-state index is -4.94. The van der Waals surface area contributed by atoms with E-state index in [1.54, 1.807) is 0 Å². The summed E-state index contributed by atoms with van der Waals surface area (Å²) in [6.45, 7) is 2.15. The van der Waals surface area contributed by atoms with Crippen LogP contribution in [0.2, 0.25) is 0 Å².